The summed E-state index contributed by atoms with van der Waals surface area (Å²) in [7, 11) is 1.52. The van der Waals surface area contributed by atoms with Crippen LogP contribution in [0.25, 0.3) is 10.1 Å². The van der Waals surface area contributed by atoms with Crippen molar-refractivity contribution in [3.8, 4) is 5.75 Å². The largest absolute Gasteiger partial charge is 0.495 e. The number of hydrogen-bond donors (Lipinski definition) is 1. The number of para-hydroxylation sites is 2. The molecule has 1 aromatic heterocycles. The van der Waals surface area contributed by atoms with Crippen LogP contribution in [0.15, 0.2) is 42.5 Å². The fourth-order valence-electron chi connectivity index (χ4n) is 2.14. The highest BCUT2D eigenvalue weighted by Crippen LogP contribution is 2.37. The van der Waals surface area contributed by atoms with E-state index >= 15 is 0 Å². The van der Waals surface area contributed by atoms with E-state index < -0.39 is 11.7 Å². The Bertz CT molecular complexity index is 862. The summed E-state index contributed by atoms with van der Waals surface area (Å²) < 4.78 is 19.7. The van der Waals surface area contributed by atoms with Crippen LogP contribution < -0.4 is 10.1 Å². The zero-order valence-electron chi connectivity index (χ0n) is 11.5. The topological polar surface area (TPSA) is 38.3 Å². The number of benzene rings is 2. The molecule has 0 unspecified atom stereocenters. The van der Waals surface area contributed by atoms with Crippen molar-refractivity contribution in [1.82, 2.24) is 0 Å². The molecule has 22 heavy (non-hydrogen) atoms. The number of rotatable bonds is 3. The Hall–Kier alpha value is -2.11. The minimum atomic E-state index is -0.435. The molecular weight excluding hydrogens is 325 g/mol. The Morgan fingerprint density at radius 1 is 1.23 bits per heavy atom. The summed E-state index contributed by atoms with van der Waals surface area (Å²) in [5.74, 6) is -0.288. The summed E-state index contributed by atoms with van der Waals surface area (Å²) in [4.78, 5) is 12.7. The van der Waals surface area contributed by atoms with Crippen LogP contribution in [0.5, 0.6) is 5.75 Å². The lowest BCUT2D eigenvalue weighted by Crippen LogP contribution is -2.11. The van der Waals surface area contributed by atoms with Gasteiger partial charge in [0.05, 0.1) is 17.8 Å². The van der Waals surface area contributed by atoms with E-state index in [1.165, 1.54) is 13.2 Å². The molecule has 0 fully saturated rings. The number of methoxy groups -OCH3 is 1. The third-order valence-corrected chi connectivity index (χ3v) is 4.81. The maximum absolute atomic E-state index is 13.8. The van der Waals surface area contributed by atoms with E-state index in [9.17, 15) is 9.18 Å². The summed E-state index contributed by atoms with van der Waals surface area (Å²) in [6, 6.07) is 11.7. The molecule has 1 N–H and O–H groups in total. The Morgan fingerprint density at radius 3 is 2.73 bits per heavy atom. The molecule has 0 aliphatic heterocycles. The lowest BCUT2D eigenvalue weighted by atomic mass is 10.2. The Morgan fingerprint density at radius 2 is 2.00 bits per heavy atom. The summed E-state index contributed by atoms with van der Waals surface area (Å²) in [6.07, 6.45) is 0. The van der Waals surface area contributed by atoms with Gasteiger partial charge in [-0.25, -0.2) is 4.39 Å². The molecule has 1 heterocycles. The van der Waals surface area contributed by atoms with Gasteiger partial charge in [-0.05, 0) is 24.3 Å². The van der Waals surface area contributed by atoms with Crippen LogP contribution in [0.1, 0.15) is 9.67 Å². The van der Waals surface area contributed by atoms with Crippen LogP contribution in [0, 0.1) is 5.82 Å². The first-order chi connectivity index (χ1) is 10.6. The number of fused-ring (bicyclic) bond motifs is 1. The van der Waals surface area contributed by atoms with Crippen molar-refractivity contribution in [1.29, 1.82) is 0 Å². The normalized spacial score (nSPS) is 10.7. The molecule has 3 rings (SSSR count). The molecule has 3 nitrogen and oxygen atoms in total. The SMILES string of the molecule is COc1ccccc1NC(=O)c1sc2cccc(F)c2c1Cl. The number of carbonyl (C=O) groups is 1. The predicted octanol–water partition coefficient (Wildman–Crippen LogP) is 4.95. The summed E-state index contributed by atoms with van der Waals surface area (Å²) in [5, 5.41) is 3.15. The number of thiophene rings is 1. The van der Waals surface area contributed by atoms with Gasteiger partial charge in [-0.1, -0.05) is 29.8 Å². The molecule has 0 spiro atoms. The monoisotopic (exact) mass is 335 g/mol. The predicted molar refractivity (Wildman–Crippen MR) is 87.7 cm³/mol. The lowest BCUT2D eigenvalue weighted by molar-refractivity contribution is 0.103. The van der Waals surface area contributed by atoms with E-state index in [4.69, 9.17) is 16.3 Å². The molecule has 0 aliphatic carbocycles. The van der Waals surface area contributed by atoms with Gasteiger partial charge in [-0.2, -0.15) is 0 Å². The summed E-state index contributed by atoms with van der Waals surface area (Å²) in [6.45, 7) is 0. The number of anilines is 1. The van der Waals surface area contributed by atoms with Crippen molar-refractivity contribution >= 4 is 44.6 Å². The third kappa shape index (κ3) is 2.53. The second-order valence-electron chi connectivity index (χ2n) is 4.51. The molecule has 0 atom stereocenters. The number of ether oxygens (including phenoxy) is 1. The second kappa shape index (κ2) is 5.94. The van der Waals surface area contributed by atoms with Gasteiger partial charge in [0.1, 0.15) is 16.4 Å². The molecule has 1 amide bonds. The van der Waals surface area contributed by atoms with Gasteiger partial charge in [0, 0.05) is 10.1 Å². The number of amides is 1. The van der Waals surface area contributed by atoms with Crippen LogP contribution in [-0.4, -0.2) is 13.0 Å². The van der Waals surface area contributed by atoms with Gasteiger partial charge in [-0.15, -0.1) is 11.3 Å². The van der Waals surface area contributed by atoms with Crippen LogP contribution in [0.4, 0.5) is 10.1 Å². The molecule has 2 aromatic carbocycles. The number of halogens is 2. The maximum Gasteiger partial charge on any atom is 0.267 e. The lowest BCUT2D eigenvalue weighted by Gasteiger charge is -2.09. The first-order valence-electron chi connectivity index (χ1n) is 6.42. The van der Waals surface area contributed by atoms with Crippen molar-refractivity contribution in [2.24, 2.45) is 0 Å². The molecule has 0 saturated carbocycles. The highest BCUT2D eigenvalue weighted by molar-refractivity contribution is 7.21. The zero-order valence-corrected chi connectivity index (χ0v) is 13.1. The number of nitrogens with one attached hydrogen (secondary N) is 1. The van der Waals surface area contributed by atoms with Gasteiger partial charge in [0.25, 0.3) is 5.91 Å². The first-order valence-corrected chi connectivity index (χ1v) is 7.62. The highest BCUT2D eigenvalue weighted by Gasteiger charge is 2.20. The molecule has 0 radical (unpaired) electrons. The molecule has 3 aromatic rings. The summed E-state index contributed by atoms with van der Waals surface area (Å²) >= 11 is 7.33. The van der Waals surface area contributed by atoms with Gasteiger partial charge in [0.15, 0.2) is 0 Å². The minimum absolute atomic E-state index is 0.130. The minimum Gasteiger partial charge on any atom is -0.495 e. The van der Waals surface area contributed by atoms with Gasteiger partial charge in [0.2, 0.25) is 0 Å². The first kappa shape index (κ1) is 14.8. The average Bonchev–Trinajstić information content (AvgIpc) is 2.86. The average molecular weight is 336 g/mol. The standard InChI is InChI=1S/C16H11ClFNO2S/c1-21-11-7-3-2-6-10(11)19-16(20)15-14(17)13-9(18)5-4-8-12(13)22-15/h2-8H,1H3,(H,19,20). The molecular formula is C16H11ClFNO2S. The highest BCUT2D eigenvalue weighted by atomic mass is 35.5. The quantitative estimate of drug-likeness (QED) is 0.735. The van der Waals surface area contributed by atoms with E-state index in [1.807, 2.05) is 0 Å². The van der Waals surface area contributed by atoms with Crippen molar-refractivity contribution < 1.29 is 13.9 Å². The third-order valence-electron chi connectivity index (χ3n) is 3.17. The fraction of sp³-hybridized carbons (Fsp3) is 0.0625. The van der Waals surface area contributed by atoms with Crippen molar-refractivity contribution in [3.63, 3.8) is 0 Å². The van der Waals surface area contributed by atoms with E-state index in [-0.39, 0.29) is 15.3 Å². The molecule has 0 aliphatic rings. The van der Waals surface area contributed by atoms with Crippen LogP contribution in [0.3, 0.4) is 0 Å². The van der Waals surface area contributed by atoms with Crippen LogP contribution >= 0.6 is 22.9 Å². The van der Waals surface area contributed by atoms with Crippen molar-refractivity contribution in [2.75, 3.05) is 12.4 Å². The van der Waals surface area contributed by atoms with Gasteiger partial charge >= 0.3 is 0 Å². The van der Waals surface area contributed by atoms with Crippen molar-refractivity contribution in [3.05, 3.63) is 58.2 Å². The van der Waals surface area contributed by atoms with Crippen LogP contribution in [-0.2, 0) is 0 Å². The smallest absolute Gasteiger partial charge is 0.267 e. The Balaban J connectivity index is 1.99. The molecule has 0 bridgehead atoms. The van der Waals surface area contributed by atoms with Gasteiger partial charge < -0.3 is 10.1 Å². The zero-order chi connectivity index (χ0) is 15.7. The van der Waals surface area contributed by atoms with E-state index in [1.54, 1.807) is 36.4 Å². The van der Waals surface area contributed by atoms with Gasteiger partial charge in [-0.3, -0.25) is 4.79 Å². The van der Waals surface area contributed by atoms with E-state index in [0.717, 1.165) is 11.3 Å². The van der Waals surface area contributed by atoms with E-state index in [2.05, 4.69) is 5.32 Å². The molecule has 112 valence electrons. The Kier molecular flexibility index (Phi) is 4.00. The van der Waals surface area contributed by atoms with Crippen LogP contribution in [0.2, 0.25) is 5.02 Å². The number of hydrogen-bond acceptors (Lipinski definition) is 3. The number of carbonyl (C=O) groups excluding carboxylic acids is 1. The van der Waals surface area contributed by atoms with Crippen molar-refractivity contribution in [2.45, 2.75) is 0 Å². The maximum atomic E-state index is 13.8. The molecule has 6 heteroatoms. The molecule has 0 saturated heterocycles. The van der Waals surface area contributed by atoms with E-state index in [0.29, 0.717) is 16.1 Å². The Labute approximate surface area is 135 Å². The second-order valence-corrected chi connectivity index (χ2v) is 5.94. The fourth-order valence-corrected chi connectivity index (χ4v) is 3.60. The summed E-state index contributed by atoms with van der Waals surface area (Å²) in [5.41, 5.74) is 0.531.